The number of thioether (sulfide) groups is 2. The summed E-state index contributed by atoms with van der Waals surface area (Å²) < 4.78 is 0. The first kappa shape index (κ1) is 17.9. The van der Waals surface area contributed by atoms with Crippen molar-refractivity contribution >= 4 is 45.8 Å². The van der Waals surface area contributed by atoms with Crippen molar-refractivity contribution in [2.75, 3.05) is 11.9 Å². The van der Waals surface area contributed by atoms with Gasteiger partial charge in [0.05, 0.1) is 16.6 Å². The third-order valence-corrected chi connectivity index (χ3v) is 6.07. The van der Waals surface area contributed by atoms with Gasteiger partial charge in [-0.15, -0.1) is 20.5 Å². The standard InChI is InChI=1S/C18H17N7S2/c1-2-20-12-3-5-13(6-4-12)23-25-18-21-17-15(26-18)11-16(27-17)24-22-14-7-9-19-10-8-14/h3-11,15,17,20H,2H2,1H3. The van der Waals surface area contributed by atoms with Crippen LogP contribution in [0.2, 0.25) is 0 Å². The van der Waals surface area contributed by atoms with E-state index in [4.69, 9.17) is 0 Å². The Kier molecular flexibility index (Phi) is 5.59. The molecule has 0 radical (unpaired) electrons. The Hall–Kier alpha value is -2.52. The second-order valence-corrected chi connectivity index (χ2v) is 7.97. The molecule has 7 nitrogen and oxygen atoms in total. The van der Waals surface area contributed by atoms with Crippen molar-refractivity contribution in [2.45, 2.75) is 17.5 Å². The molecule has 0 spiro atoms. The molecule has 0 bridgehead atoms. The minimum Gasteiger partial charge on any atom is -0.385 e. The maximum atomic E-state index is 4.62. The molecule has 0 fully saturated rings. The van der Waals surface area contributed by atoms with Crippen molar-refractivity contribution in [1.29, 1.82) is 0 Å². The SMILES string of the molecule is CCNc1ccc(N=NC2=NC3SC(N=Nc4ccncc4)=CC3S2)cc1. The number of pyridine rings is 1. The first-order valence-corrected chi connectivity index (χ1v) is 10.3. The van der Waals surface area contributed by atoms with Crippen LogP contribution in [0.1, 0.15) is 6.92 Å². The van der Waals surface area contributed by atoms with Gasteiger partial charge in [0.2, 0.25) is 5.17 Å². The molecule has 2 aromatic rings. The predicted octanol–water partition coefficient (Wildman–Crippen LogP) is 5.77. The largest absolute Gasteiger partial charge is 0.385 e. The fraction of sp³-hybridized carbons (Fsp3) is 0.222. The van der Waals surface area contributed by atoms with E-state index in [2.05, 4.69) is 48.7 Å². The zero-order valence-corrected chi connectivity index (χ0v) is 16.2. The zero-order chi connectivity index (χ0) is 18.5. The van der Waals surface area contributed by atoms with Crippen molar-refractivity contribution in [3.8, 4) is 0 Å². The Labute approximate surface area is 165 Å². The minimum absolute atomic E-state index is 0.0893. The summed E-state index contributed by atoms with van der Waals surface area (Å²) in [5.41, 5.74) is 2.68. The summed E-state index contributed by atoms with van der Waals surface area (Å²) in [5.74, 6) is 0. The third kappa shape index (κ3) is 4.61. The smallest absolute Gasteiger partial charge is 0.206 e. The van der Waals surface area contributed by atoms with Gasteiger partial charge in [0.25, 0.3) is 0 Å². The molecule has 9 heteroatoms. The molecular formula is C18H17N7S2. The molecule has 0 amide bonds. The number of nitrogens with zero attached hydrogens (tertiary/aromatic N) is 6. The first-order valence-electron chi connectivity index (χ1n) is 8.50. The molecule has 27 heavy (non-hydrogen) atoms. The second kappa shape index (κ2) is 8.45. The van der Waals surface area contributed by atoms with Gasteiger partial charge in [-0.25, -0.2) is 4.99 Å². The highest BCUT2D eigenvalue weighted by Gasteiger charge is 2.35. The lowest BCUT2D eigenvalue weighted by molar-refractivity contribution is 0.989. The maximum Gasteiger partial charge on any atom is 0.206 e. The molecule has 2 aliphatic heterocycles. The fourth-order valence-corrected chi connectivity index (χ4v) is 4.77. The van der Waals surface area contributed by atoms with Gasteiger partial charge in [0.15, 0.2) is 0 Å². The van der Waals surface area contributed by atoms with E-state index in [0.717, 1.165) is 28.6 Å². The molecule has 0 saturated carbocycles. The monoisotopic (exact) mass is 395 g/mol. The number of benzene rings is 1. The number of hydrogen-bond donors (Lipinski definition) is 1. The van der Waals surface area contributed by atoms with Gasteiger partial charge in [0.1, 0.15) is 10.4 Å². The van der Waals surface area contributed by atoms with E-state index in [9.17, 15) is 0 Å². The summed E-state index contributed by atoms with van der Waals surface area (Å²) in [4.78, 5) is 8.59. The van der Waals surface area contributed by atoms with E-state index in [-0.39, 0.29) is 10.6 Å². The van der Waals surface area contributed by atoms with Crippen LogP contribution in [-0.4, -0.2) is 27.3 Å². The van der Waals surface area contributed by atoms with Gasteiger partial charge in [-0.05, 0) is 49.4 Å². The van der Waals surface area contributed by atoms with Crippen LogP contribution < -0.4 is 5.32 Å². The van der Waals surface area contributed by atoms with E-state index in [1.54, 1.807) is 35.9 Å². The summed E-state index contributed by atoms with van der Waals surface area (Å²) in [7, 11) is 0. The van der Waals surface area contributed by atoms with E-state index in [1.165, 1.54) is 0 Å². The van der Waals surface area contributed by atoms with Crippen LogP contribution >= 0.6 is 23.5 Å². The van der Waals surface area contributed by atoms with Crippen molar-refractivity contribution in [1.82, 2.24) is 4.98 Å². The zero-order valence-electron chi connectivity index (χ0n) is 14.6. The normalized spacial score (nSPS) is 21.5. The molecule has 1 aromatic heterocycles. The Morgan fingerprint density at radius 3 is 2.41 bits per heavy atom. The van der Waals surface area contributed by atoms with E-state index in [0.29, 0.717) is 5.17 Å². The van der Waals surface area contributed by atoms with Crippen LogP contribution in [0.15, 0.2) is 85.3 Å². The molecular weight excluding hydrogens is 378 g/mol. The van der Waals surface area contributed by atoms with Gasteiger partial charge >= 0.3 is 0 Å². The molecule has 0 aliphatic carbocycles. The fourth-order valence-electron chi connectivity index (χ4n) is 2.48. The van der Waals surface area contributed by atoms with Crippen LogP contribution in [0.4, 0.5) is 17.1 Å². The molecule has 136 valence electrons. The predicted molar refractivity (Wildman–Crippen MR) is 112 cm³/mol. The average Bonchev–Trinajstić information content (AvgIpc) is 3.25. The average molecular weight is 396 g/mol. The number of aromatic nitrogens is 1. The van der Waals surface area contributed by atoms with Crippen molar-refractivity contribution in [3.63, 3.8) is 0 Å². The van der Waals surface area contributed by atoms with Gasteiger partial charge in [-0.1, -0.05) is 23.5 Å². The number of fused-ring (bicyclic) bond motifs is 1. The van der Waals surface area contributed by atoms with Crippen LogP contribution in [0.3, 0.4) is 0 Å². The Balaban J connectivity index is 1.33. The van der Waals surface area contributed by atoms with E-state index >= 15 is 0 Å². The lowest BCUT2D eigenvalue weighted by atomic mass is 10.3. The van der Waals surface area contributed by atoms with Crippen molar-refractivity contribution in [2.24, 2.45) is 25.4 Å². The number of anilines is 1. The summed E-state index contributed by atoms with van der Waals surface area (Å²) in [6, 6.07) is 11.5. The Bertz CT molecular complexity index is 907. The van der Waals surface area contributed by atoms with E-state index in [1.807, 2.05) is 36.4 Å². The number of aliphatic imine (C=N–C) groups is 1. The number of rotatable bonds is 5. The topological polar surface area (TPSA) is 86.7 Å². The highest BCUT2D eigenvalue weighted by atomic mass is 32.2. The Morgan fingerprint density at radius 2 is 1.67 bits per heavy atom. The molecule has 3 heterocycles. The summed E-state index contributed by atoms with van der Waals surface area (Å²) >= 11 is 3.21. The molecule has 1 N–H and O–H groups in total. The highest BCUT2D eigenvalue weighted by Crippen LogP contribution is 2.45. The lowest BCUT2D eigenvalue weighted by Crippen LogP contribution is -2.03. The van der Waals surface area contributed by atoms with Crippen LogP contribution in [0.25, 0.3) is 0 Å². The van der Waals surface area contributed by atoms with Crippen molar-refractivity contribution in [3.05, 3.63) is 59.9 Å². The van der Waals surface area contributed by atoms with Crippen LogP contribution in [0, 0.1) is 0 Å². The summed E-state index contributed by atoms with van der Waals surface area (Å²) in [5, 5.41) is 22.2. The van der Waals surface area contributed by atoms with Gasteiger partial charge in [0, 0.05) is 24.6 Å². The summed E-state index contributed by atoms with van der Waals surface area (Å²) in [6.45, 7) is 2.96. The minimum atomic E-state index is 0.0893. The Morgan fingerprint density at radius 1 is 0.926 bits per heavy atom. The number of azo groups is 2. The summed E-state index contributed by atoms with van der Waals surface area (Å²) in [6.07, 6.45) is 5.48. The van der Waals surface area contributed by atoms with Gasteiger partial charge in [-0.2, -0.15) is 0 Å². The van der Waals surface area contributed by atoms with Crippen LogP contribution in [0.5, 0.6) is 0 Å². The maximum absolute atomic E-state index is 4.62. The number of amidine groups is 1. The van der Waals surface area contributed by atoms with E-state index < -0.39 is 0 Å². The first-order chi connectivity index (χ1) is 13.3. The molecule has 2 aliphatic rings. The molecule has 2 atom stereocenters. The molecule has 1 aromatic carbocycles. The number of nitrogens with one attached hydrogen (secondary N) is 1. The van der Waals surface area contributed by atoms with Gasteiger partial charge in [-0.3, -0.25) is 4.98 Å². The lowest BCUT2D eigenvalue weighted by Gasteiger charge is -2.01. The molecule has 0 saturated heterocycles. The van der Waals surface area contributed by atoms with Gasteiger partial charge < -0.3 is 5.32 Å². The van der Waals surface area contributed by atoms with Crippen molar-refractivity contribution < 1.29 is 0 Å². The third-order valence-electron chi connectivity index (χ3n) is 3.73. The highest BCUT2D eigenvalue weighted by molar-refractivity contribution is 8.16. The van der Waals surface area contributed by atoms with Crippen LogP contribution in [-0.2, 0) is 0 Å². The molecule has 4 rings (SSSR count). The number of hydrogen-bond acceptors (Lipinski definition) is 9. The second-order valence-electron chi connectivity index (χ2n) is 5.69. The quantitative estimate of drug-likeness (QED) is 0.651. The molecule has 2 unspecified atom stereocenters.